The molecule has 1 N–H and O–H groups in total. The maximum atomic E-state index is 13.4. The summed E-state index contributed by atoms with van der Waals surface area (Å²) in [5.41, 5.74) is -1.73. The van der Waals surface area contributed by atoms with Crippen molar-refractivity contribution >= 4 is 28.8 Å². The van der Waals surface area contributed by atoms with Crippen molar-refractivity contribution in [1.29, 1.82) is 0 Å². The fraction of sp³-hybridized carbons (Fsp3) is 0.250. The van der Waals surface area contributed by atoms with Crippen LogP contribution < -0.4 is 16.0 Å². The maximum Gasteiger partial charge on any atom is 0.511 e. The van der Waals surface area contributed by atoms with E-state index in [2.05, 4.69) is 9.72 Å². The number of fused-ring (bicyclic) bond motifs is 1. The Hall–Kier alpha value is -4.06. The zero-order chi connectivity index (χ0) is 26.5. The van der Waals surface area contributed by atoms with Crippen LogP contribution >= 0.6 is 11.6 Å². The molecule has 5 rings (SSSR count). The van der Waals surface area contributed by atoms with Crippen LogP contribution in [0, 0.1) is 0 Å². The summed E-state index contributed by atoms with van der Waals surface area (Å²) in [4.78, 5) is 41.9. The minimum atomic E-state index is -4.76. The number of hydrogen-bond acceptors (Lipinski definition) is 5. The second-order valence-corrected chi connectivity index (χ2v) is 8.97. The van der Waals surface area contributed by atoms with E-state index in [1.165, 1.54) is 6.07 Å². The molecular weight excluding hydrogens is 517 g/mol. The Kier molecular flexibility index (Phi) is 6.06. The van der Waals surface area contributed by atoms with Crippen LogP contribution in [0.4, 0.5) is 18.0 Å². The first kappa shape index (κ1) is 24.6. The van der Waals surface area contributed by atoms with E-state index in [0.717, 1.165) is 47.7 Å². The smallest absolute Gasteiger partial charge is 0.449 e. The summed E-state index contributed by atoms with van der Waals surface area (Å²) < 4.78 is 48.1. The van der Waals surface area contributed by atoms with E-state index in [-0.39, 0.29) is 11.3 Å². The highest BCUT2D eigenvalue weighted by Crippen LogP contribution is 2.36. The lowest BCUT2D eigenvalue weighted by atomic mass is 9.93. The number of carbonyl (C=O) groups is 1. The Bertz CT molecular complexity index is 1650. The van der Waals surface area contributed by atoms with Crippen LogP contribution in [0.2, 0.25) is 5.02 Å². The lowest BCUT2D eigenvalue weighted by Crippen LogP contribution is -2.40. The molecule has 2 heterocycles. The molecule has 1 aliphatic carbocycles. The fourth-order valence-corrected chi connectivity index (χ4v) is 4.58. The maximum absolute atomic E-state index is 13.4. The van der Waals surface area contributed by atoms with Crippen LogP contribution in [-0.2, 0) is 12.7 Å². The SMILES string of the molecule is O=C(O)Oc1cn(-c2ccc3c(c2)ncn3C2CCC2)c(=O)n(Cc2cccc(C(F)(F)F)c2Cl)c1=O. The molecule has 9 nitrogen and oxygen atoms in total. The van der Waals surface area contributed by atoms with Crippen molar-refractivity contribution in [3.8, 4) is 11.4 Å². The van der Waals surface area contributed by atoms with Crippen molar-refractivity contribution in [3.63, 3.8) is 0 Å². The molecule has 1 aliphatic rings. The highest BCUT2D eigenvalue weighted by Gasteiger charge is 2.34. The van der Waals surface area contributed by atoms with Gasteiger partial charge in [0, 0.05) is 6.04 Å². The molecule has 0 saturated heterocycles. The molecule has 2 aromatic carbocycles. The molecule has 13 heteroatoms. The third-order valence-corrected chi connectivity index (χ3v) is 6.80. The van der Waals surface area contributed by atoms with E-state index in [4.69, 9.17) is 16.7 Å². The topological polar surface area (TPSA) is 108 Å². The molecule has 0 atom stereocenters. The van der Waals surface area contributed by atoms with Gasteiger partial charge < -0.3 is 14.4 Å². The van der Waals surface area contributed by atoms with E-state index in [0.29, 0.717) is 16.1 Å². The molecule has 4 aromatic rings. The second-order valence-electron chi connectivity index (χ2n) is 8.59. The molecule has 192 valence electrons. The van der Waals surface area contributed by atoms with Crippen LogP contribution in [0.3, 0.4) is 0 Å². The molecule has 2 aromatic heterocycles. The molecule has 0 radical (unpaired) electrons. The molecule has 0 bridgehead atoms. The van der Waals surface area contributed by atoms with Gasteiger partial charge in [0.05, 0.1) is 46.4 Å². The summed E-state index contributed by atoms with van der Waals surface area (Å²) in [5.74, 6) is -0.713. The zero-order valence-electron chi connectivity index (χ0n) is 18.9. The molecule has 1 fully saturated rings. The summed E-state index contributed by atoms with van der Waals surface area (Å²) >= 11 is 5.96. The van der Waals surface area contributed by atoms with Gasteiger partial charge in [0.15, 0.2) is 0 Å². The fourth-order valence-electron chi connectivity index (χ4n) is 4.28. The number of aromatic nitrogens is 4. The molecular formula is C24H18ClF3N4O5. The van der Waals surface area contributed by atoms with Crippen LogP contribution in [0.1, 0.15) is 36.4 Å². The van der Waals surface area contributed by atoms with E-state index in [1.807, 2.05) is 4.57 Å². The van der Waals surface area contributed by atoms with Crippen molar-refractivity contribution in [3.05, 3.63) is 85.9 Å². The first-order chi connectivity index (χ1) is 17.5. The van der Waals surface area contributed by atoms with Gasteiger partial charge in [-0.2, -0.15) is 13.2 Å². The molecule has 1 saturated carbocycles. The lowest BCUT2D eigenvalue weighted by Gasteiger charge is -2.27. The van der Waals surface area contributed by atoms with Gasteiger partial charge in [0.1, 0.15) is 0 Å². The van der Waals surface area contributed by atoms with E-state index in [9.17, 15) is 27.6 Å². The molecule has 0 unspecified atom stereocenters. The number of hydrogen-bond donors (Lipinski definition) is 1. The van der Waals surface area contributed by atoms with Crippen molar-refractivity contribution < 1.29 is 27.8 Å². The minimum Gasteiger partial charge on any atom is -0.449 e. The van der Waals surface area contributed by atoms with Gasteiger partial charge in [-0.1, -0.05) is 23.7 Å². The average Bonchev–Trinajstić information content (AvgIpc) is 3.20. The van der Waals surface area contributed by atoms with E-state index in [1.54, 1.807) is 24.5 Å². The van der Waals surface area contributed by atoms with Gasteiger partial charge in [-0.15, -0.1) is 0 Å². The Morgan fingerprint density at radius 1 is 1.19 bits per heavy atom. The van der Waals surface area contributed by atoms with E-state index < -0.39 is 46.5 Å². The van der Waals surface area contributed by atoms with Gasteiger partial charge in [-0.3, -0.25) is 13.9 Å². The predicted octanol–water partition coefficient (Wildman–Crippen LogP) is 4.85. The summed E-state index contributed by atoms with van der Waals surface area (Å²) in [5, 5.41) is 8.40. The van der Waals surface area contributed by atoms with Gasteiger partial charge >= 0.3 is 18.0 Å². The van der Waals surface area contributed by atoms with Crippen molar-refractivity contribution in [2.45, 2.75) is 38.0 Å². The second kappa shape index (κ2) is 9.11. The third kappa shape index (κ3) is 4.48. The Balaban J connectivity index is 1.64. The predicted molar refractivity (Wildman–Crippen MR) is 127 cm³/mol. The Morgan fingerprint density at radius 3 is 2.59 bits per heavy atom. The van der Waals surface area contributed by atoms with Crippen LogP contribution in [0.25, 0.3) is 16.7 Å². The monoisotopic (exact) mass is 534 g/mol. The number of ether oxygens (including phenoxy) is 1. The Morgan fingerprint density at radius 2 is 1.95 bits per heavy atom. The summed E-state index contributed by atoms with van der Waals surface area (Å²) in [6.07, 6.45) is -0.742. The summed E-state index contributed by atoms with van der Waals surface area (Å²) in [6.45, 7) is -0.657. The van der Waals surface area contributed by atoms with Crippen molar-refractivity contribution in [1.82, 2.24) is 18.7 Å². The van der Waals surface area contributed by atoms with Gasteiger partial charge in [0.25, 0.3) is 5.56 Å². The first-order valence-electron chi connectivity index (χ1n) is 11.1. The number of halogens is 4. The number of alkyl halides is 3. The molecule has 0 amide bonds. The van der Waals surface area contributed by atoms with Gasteiger partial charge in [0.2, 0.25) is 5.75 Å². The Labute approximate surface area is 210 Å². The number of benzene rings is 2. The largest absolute Gasteiger partial charge is 0.511 e. The van der Waals surface area contributed by atoms with E-state index >= 15 is 0 Å². The molecule has 0 aliphatic heterocycles. The zero-order valence-corrected chi connectivity index (χ0v) is 19.7. The van der Waals surface area contributed by atoms with Crippen LogP contribution in [-0.4, -0.2) is 29.9 Å². The quantitative estimate of drug-likeness (QED) is 0.367. The highest BCUT2D eigenvalue weighted by molar-refractivity contribution is 6.32. The average molecular weight is 535 g/mol. The van der Waals surface area contributed by atoms with Crippen molar-refractivity contribution in [2.24, 2.45) is 0 Å². The van der Waals surface area contributed by atoms with Crippen molar-refractivity contribution in [2.75, 3.05) is 0 Å². The molecule has 0 spiro atoms. The molecule has 37 heavy (non-hydrogen) atoms. The minimum absolute atomic E-state index is 0.163. The van der Waals surface area contributed by atoms with Gasteiger partial charge in [-0.25, -0.2) is 14.6 Å². The number of carboxylic acid groups (broad SMARTS) is 1. The number of rotatable bonds is 5. The summed E-state index contributed by atoms with van der Waals surface area (Å²) in [6, 6.07) is 8.37. The van der Waals surface area contributed by atoms with Crippen LogP contribution in [0.15, 0.2) is 58.5 Å². The highest BCUT2D eigenvalue weighted by atomic mass is 35.5. The standard InChI is InChI=1S/C24H18ClF3N4O5/c25-20-13(3-1-6-16(20)24(26,27)28)10-31-21(33)19(37-23(35)36)11-30(22(31)34)15-7-8-18-17(9-15)29-12-32(18)14-4-2-5-14/h1,3,6-9,11-12,14H,2,4-5,10H2,(H,35,36). The number of imidazole rings is 1. The first-order valence-corrected chi connectivity index (χ1v) is 11.5. The van der Waals surface area contributed by atoms with Gasteiger partial charge in [-0.05, 0) is 49.1 Å². The number of nitrogens with zero attached hydrogens (tertiary/aromatic N) is 4. The van der Waals surface area contributed by atoms with Crippen LogP contribution in [0.5, 0.6) is 5.75 Å². The third-order valence-electron chi connectivity index (χ3n) is 6.35. The lowest BCUT2D eigenvalue weighted by molar-refractivity contribution is -0.137. The normalized spacial score (nSPS) is 14.1. The summed E-state index contributed by atoms with van der Waals surface area (Å²) in [7, 11) is 0.